The van der Waals surface area contributed by atoms with E-state index in [-0.39, 0.29) is 47.9 Å². The number of carbonyl (C=O) groups excluding carboxylic acids is 1. The number of rotatable bonds is 4. The Morgan fingerprint density at radius 3 is 2.45 bits per heavy atom. The van der Waals surface area contributed by atoms with E-state index in [1.165, 1.54) is 10.5 Å². The Morgan fingerprint density at radius 1 is 1.13 bits per heavy atom. The van der Waals surface area contributed by atoms with Gasteiger partial charge in [-0.25, -0.2) is 13.4 Å². The molecule has 11 heteroatoms. The summed E-state index contributed by atoms with van der Waals surface area (Å²) in [6, 6.07) is 7.93. The van der Waals surface area contributed by atoms with Crippen molar-refractivity contribution in [1.82, 2.24) is 18.8 Å². The third-order valence-electron chi connectivity index (χ3n) is 5.24. The molecule has 0 radical (unpaired) electrons. The number of hydrogen-bond acceptors (Lipinski definition) is 6. The average Bonchev–Trinajstić information content (AvgIpc) is 3.09. The van der Waals surface area contributed by atoms with Gasteiger partial charge in [0.1, 0.15) is 5.15 Å². The maximum absolute atomic E-state index is 13.2. The van der Waals surface area contributed by atoms with Crippen molar-refractivity contribution in [3.8, 4) is 0 Å². The van der Waals surface area contributed by atoms with Crippen LogP contribution in [0, 0.1) is 0 Å². The van der Waals surface area contributed by atoms with Crippen molar-refractivity contribution < 1.29 is 13.2 Å². The number of amides is 1. The highest BCUT2D eigenvalue weighted by molar-refractivity contribution is 7.89. The van der Waals surface area contributed by atoms with E-state index in [2.05, 4.69) is 4.98 Å². The van der Waals surface area contributed by atoms with Gasteiger partial charge in [-0.15, -0.1) is 0 Å². The summed E-state index contributed by atoms with van der Waals surface area (Å²) in [5, 5.41) is 0.304. The number of hydrogen-bond donors (Lipinski definition) is 0. The molecular weight excluding hydrogens is 460 g/mol. The van der Waals surface area contributed by atoms with Gasteiger partial charge in [0.15, 0.2) is 0 Å². The van der Waals surface area contributed by atoms with Crippen LogP contribution in [0.25, 0.3) is 10.2 Å². The number of nitrogens with zero attached hydrogens (tertiary/aromatic N) is 4. The Kier molecular flexibility index (Phi) is 5.91. The first-order valence-corrected chi connectivity index (χ1v) is 12.4. The van der Waals surface area contributed by atoms with Gasteiger partial charge in [-0.1, -0.05) is 22.9 Å². The number of sulfonamides is 1. The monoisotopic (exact) mass is 480 g/mol. The van der Waals surface area contributed by atoms with Crippen LogP contribution in [0.5, 0.6) is 0 Å². The molecule has 31 heavy (non-hydrogen) atoms. The van der Waals surface area contributed by atoms with Crippen LogP contribution in [0.3, 0.4) is 0 Å². The molecule has 1 fully saturated rings. The summed E-state index contributed by atoms with van der Waals surface area (Å²) in [5.41, 5.74) is 1.15. The highest BCUT2D eigenvalue weighted by Crippen LogP contribution is 2.26. The number of carbonyl (C=O) groups is 1. The van der Waals surface area contributed by atoms with Gasteiger partial charge in [0.25, 0.3) is 5.91 Å². The van der Waals surface area contributed by atoms with Crippen LogP contribution in [-0.2, 0) is 10.0 Å². The molecule has 3 heterocycles. The summed E-state index contributed by atoms with van der Waals surface area (Å²) in [6.07, 6.45) is 1.41. The second-order valence-corrected chi connectivity index (χ2v) is 10.8. The Labute approximate surface area is 188 Å². The predicted molar refractivity (Wildman–Crippen MR) is 120 cm³/mol. The Bertz CT molecular complexity index is 1290. The second kappa shape index (κ2) is 8.34. The van der Waals surface area contributed by atoms with Gasteiger partial charge < -0.3 is 4.90 Å². The molecule has 1 aliphatic heterocycles. The van der Waals surface area contributed by atoms with Crippen LogP contribution in [0.4, 0.5) is 0 Å². The third kappa shape index (κ3) is 4.12. The zero-order valence-corrected chi connectivity index (χ0v) is 19.4. The summed E-state index contributed by atoms with van der Waals surface area (Å²) >= 11 is 6.81. The van der Waals surface area contributed by atoms with E-state index in [4.69, 9.17) is 11.6 Å². The van der Waals surface area contributed by atoms with E-state index in [1.54, 1.807) is 39.8 Å². The van der Waals surface area contributed by atoms with Crippen LogP contribution < -0.4 is 4.87 Å². The summed E-state index contributed by atoms with van der Waals surface area (Å²) in [5.74, 6) is -0.206. The van der Waals surface area contributed by atoms with Crippen LogP contribution in [0.1, 0.15) is 30.2 Å². The molecule has 1 saturated heterocycles. The smallest absolute Gasteiger partial charge is 0.308 e. The zero-order valence-electron chi connectivity index (χ0n) is 17.0. The maximum Gasteiger partial charge on any atom is 0.308 e. The number of halogens is 1. The Balaban J connectivity index is 1.52. The largest absolute Gasteiger partial charge is 0.336 e. The minimum absolute atomic E-state index is 0.00911. The van der Waals surface area contributed by atoms with Gasteiger partial charge in [0.2, 0.25) is 10.0 Å². The van der Waals surface area contributed by atoms with Crippen molar-refractivity contribution in [2.45, 2.75) is 24.8 Å². The van der Waals surface area contributed by atoms with Crippen molar-refractivity contribution in [2.24, 2.45) is 0 Å². The molecule has 0 saturated carbocycles. The van der Waals surface area contributed by atoms with E-state index < -0.39 is 10.0 Å². The molecule has 164 valence electrons. The molecule has 0 N–H and O–H groups in total. The van der Waals surface area contributed by atoms with Gasteiger partial charge in [0.05, 0.1) is 20.7 Å². The van der Waals surface area contributed by atoms with Crippen LogP contribution in [0.2, 0.25) is 5.15 Å². The minimum Gasteiger partial charge on any atom is -0.336 e. The minimum atomic E-state index is -3.74. The highest BCUT2D eigenvalue weighted by atomic mass is 35.5. The van der Waals surface area contributed by atoms with Crippen LogP contribution >= 0.6 is 22.9 Å². The molecule has 0 bridgehead atoms. The fourth-order valence-electron chi connectivity index (χ4n) is 3.63. The number of piperazine rings is 1. The molecule has 1 aliphatic rings. The highest BCUT2D eigenvalue weighted by Gasteiger charge is 2.31. The van der Waals surface area contributed by atoms with Gasteiger partial charge in [-0.05, 0) is 44.2 Å². The number of fused-ring (bicyclic) bond motifs is 1. The van der Waals surface area contributed by atoms with Crippen molar-refractivity contribution in [1.29, 1.82) is 0 Å². The molecule has 2 aromatic heterocycles. The maximum atomic E-state index is 13.2. The molecule has 3 aromatic rings. The fraction of sp³-hybridized carbons (Fsp3) is 0.350. The molecule has 0 atom stereocenters. The molecule has 0 aliphatic carbocycles. The number of pyridine rings is 1. The quantitative estimate of drug-likeness (QED) is 0.535. The Hall–Kier alpha value is -2.27. The topological polar surface area (TPSA) is 92.6 Å². The lowest BCUT2D eigenvalue weighted by Gasteiger charge is -2.34. The van der Waals surface area contributed by atoms with E-state index in [0.29, 0.717) is 15.4 Å². The molecule has 8 nitrogen and oxygen atoms in total. The molecule has 0 unspecified atom stereocenters. The van der Waals surface area contributed by atoms with E-state index in [9.17, 15) is 18.0 Å². The van der Waals surface area contributed by atoms with Crippen molar-refractivity contribution in [3.63, 3.8) is 0 Å². The van der Waals surface area contributed by atoms with E-state index in [0.717, 1.165) is 16.9 Å². The molecule has 4 rings (SSSR count). The fourth-order valence-corrected chi connectivity index (χ4v) is 6.32. The molecule has 1 amide bonds. The van der Waals surface area contributed by atoms with Crippen molar-refractivity contribution >= 4 is 49.1 Å². The van der Waals surface area contributed by atoms with Crippen LogP contribution in [0.15, 0.2) is 46.2 Å². The second-order valence-electron chi connectivity index (χ2n) is 7.53. The standard InChI is InChI=1S/C20H21ClN4O4S2/c1-13(2)25-16-5-4-15(11-17(16)30-20(25)27)31(28,29)24-9-7-23(8-10-24)19(26)14-3-6-18(21)22-12-14/h3-6,11-13H,7-10H2,1-2H3. The summed E-state index contributed by atoms with van der Waals surface area (Å²) in [6.45, 7) is 4.77. The third-order valence-corrected chi connectivity index (χ3v) is 8.28. The van der Waals surface area contributed by atoms with Crippen molar-refractivity contribution in [2.75, 3.05) is 26.2 Å². The average molecular weight is 481 g/mol. The Morgan fingerprint density at radius 2 is 1.84 bits per heavy atom. The molecule has 1 aromatic carbocycles. The van der Waals surface area contributed by atoms with E-state index in [1.807, 2.05) is 13.8 Å². The summed E-state index contributed by atoms with van der Waals surface area (Å²) in [7, 11) is -3.74. The van der Waals surface area contributed by atoms with Crippen LogP contribution in [-0.4, -0.2) is 59.3 Å². The molecule has 0 spiro atoms. The normalized spacial score (nSPS) is 15.7. The molecular formula is C20H21ClN4O4S2. The number of aromatic nitrogens is 2. The lowest BCUT2D eigenvalue weighted by Crippen LogP contribution is -2.50. The van der Waals surface area contributed by atoms with Gasteiger partial charge in [-0.2, -0.15) is 4.31 Å². The van der Waals surface area contributed by atoms with Gasteiger partial charge in [-0.3, -0.25) is 14.2 Å². The number of thiazole rings is 1. The first-order chi connectivity index (χ1) is 14.7. The predicted octanol–water partition coefficient (Wildman–Crippen LogP) is 2.84. The van der Waals surface area contributed by atoms with Gasteiger partial charge >= 0.3 is 4.87 Å². The lowest BCUT2D eigenvalue weighted by atomic mass is 10.2. The first kappa shape index (κ1) is 21.9. The number of benzene rings is 1. The SMILES string of the molecule is CC(C)n1c(=O)sc2cc(S(=O)(=O)N3CCN(C(=O)c4ccc(Cl)nc4)CC3)ccc21. The summed E-state index contributed by atoms with van der Waals surface area (Å²) < 4.78 is 30.0. The van der Waals surface area contributed by atoms with E-state index >= 15 is 0 Å². The summed E-state index contributed by atoms with van der Waals surface area (Å²) in [4.78, 5) is 30.4. The van der Waals surface area contributed by atoms with Crippen molar-refractivity contribution in [3.05, 3.63) is 56.9 Å². The first-order valence-electron chi connectivity index (χ1n) is 9.74. The van der Waals surface area contributed by atoms with Gasteiger partial charge in [0, 0.05) is 38.4 Å². The lowest BCUT2D eigenvalue weighted by molar-refractivity contribution is 0.0697. The zero-order chi connectivity index (χ0) is 22.3.